The van der Waals surface area contributed by atoms with Crippen LogP contribution in [0.5, 0.6) is 0 Å². The molecule has 0 aliphatic carbocycles. The van der Waals surface area contributed by atoms with Gasteiger partial charge in [0.05, 0.1) is 6.54 Å². The van der Waals surface area contributed by atoms with E-state index in [0.29, 0.717) is 6.04 Å². The van der Waals surface area contributed by atoms with Crippen LogP contribution in [0, 0.1) is 0 Å². The summed E-state index contributed by atoms with van der Waals surface area (Å²) in [5.41, 5.74) is 1.29. The van der Waals surface area contributed by atoms with E-state index in [1.54, 1.807) is 0 Å². The van der Waals surface area contributed by atoms with Crippen molar-refractivity contribution < 1.29 is 0 Å². The third kappa shape index (κ3) is 3.36. The molecule has 3 rings (SSSR count). The van der Waals surface area contributed by atoms with Crippen molar-refractivity contribution in [1.29, 1.82) is 0 Å². The van der Waals surface area contributed by atoms with Crippen LogP contribution < -0.4 is 10.2 Å². The fourth-order valence-electron chi connectivity index (χ4n) is 2.71. The topological polar surface area (TPSA) is 46.0 Å². The monoisotopic (exact) mass is 271 g/mol. The summed E-state index contributed by atoms with van der Waals surface area (Å²) in [5.74, 6) is 0. The second-order valence-electron chi connectivity index (χ2n) is 5.19. The first kappa shape index (κ1) is 13.1. The third-order valence-electron chi connectivity index (χ3n) is 3.86. The van der Waals surface area contributed by atoms with Crippen molar-refractivity contribution >= 4 is 5.69 Å². The van der Waals surface area contributed by atoms with Crippen LogP contribution in [0.3, 0.4) is 0 Å². The van der Waals surface area contributed by atoms with Gasteiger partial charge in [-0.3, -0.25) is 9.67 Å². The second kappa shape index (κ2) is 6.52. The van der Waals surface area contributed by atoms with Crippen molar-refractivity contribution in [3.8, 4) is 0 Å². The van der Waals surface area contributed by atoms with Gasteiger partial charge in [-0.1, -0.05) is 0 Å². The van der Waals surface area contributed by atoms with Gasteiger partial charge in [0.1, 0.15) is 0 Å². The molecule has 2 aromatic heterocycles. The SMILES string of the molecule is c1cnn(CCNC2CCN(c3ccncc3)CC2)c1. The summed E-state index contributed by atoms with van der Waals surface area (Å²) < 4.78 is 1.97. The molecule has 0 spiro atoms. The summed E-state index contributed by atoms with van der Waals surface area (Å²) in [6.45, 7) is 4.16. The Morgan fingerprint density at radius 2 is 1.95 bits per heavy atom. The molecule has 1 N–H and O–H groups in total. The van der Waals surface area contributed by atoms with Gasteiger partial charge in [-0.25, -0.2) is 0 Å². The molecule has 1 saturated heterocycles. The molecule has 1 fully saturated rings. The number of piperidine rings is 1. The number of nitrogens with one attached hydrogen (secondary N) is 1. The van der Waals surface area contributed by atoms with E-state index in [1.807, 2.05) is 35.5 Å². The summed E-state index contributed by atoms with van der Waals surface area (Å²) in [7, 11) is 0. The molecule has 20 heavy (non-hydrogen) atoms. The number of hydrogen-bond acceptors (Lipinski definition) is 4. The van der Waals surface area contributed by atoms with Gasteiger partial charge in [0.2, 0.25) is 0 Å². The molecule has 0 aromatic carbocycles. The molecule has 2 aromatic rings. The molecule has 5 heteroatoms. The Labute approximate surface area is 119 Å². The Morgan fingerprint density at radius 1 is 1.15 bits per heavy atom. The van der Waals surface area contributed by atoms with Gasteiger partial charge in [0.15, 0.2) is 0 Å². The Bertz CT molecular complexity index is 488. The van der Waals surface area contributed by atoms with Gasteiger partial charge in [-0.05, 0) is 31.0 Å². The fraction of sp³-hybridized carbons (Fsp3) is 0.467. The van der Waals surface area contributed by atoms with Gasteiger partial charge in [0, 0.05) is 56.2 Å². The Balaban J connectivity index is 1.40. The maximum absolute atomic E-state index is 4.21. The molecule has 0 amide bonds. The molecule has 0 unspecified atom stereocenters. The molecular formula is C15H21N5. The Morgan fingerprint density at radius 3 is 2.65 bits per heavy atom. The minimum absolute atomic E-state index is 0.628. The zero-order valence-electron chi connectivity index (χ0n) is 11.7. The standard InChI is InChI=1S/C15H21N5/c1-6-18-20(10-1)13-9-17-14-4-11-19(12-5-14)15-2-7-16-8-3-15/h1-3,6-8,10,14,17H,4-5,9,11-13H2. The summed E-state index contributed by atoms with van der Waals surface area (Å²) in [6.07, 6.45) is 9.96. The van der Waals surface area contributed by atoms with E-state index in [9.17, 15) is 0 Å². The van der Waals surface area contributed by atoms with E-state index in [1.165, 1.54) is 18.5 Å². The van der Waals surface area contributed by atoms with Crippen LogP contribution in [-0.4, -0.2) is 40.4 Å². The predicted molar refractivity (Wildman–Crippen MR) is 79.7 cm³/mol. The van der Waals surface area contributed by atoms with Crippen molar-refractivity contribution in [2.45, 2.75) is 25.4 Å². The summed E-state index contributed by atoms with van der Waals surface area (Å²) in [4.78, 5) is 6.51. The van der Waals surface area contributed by atoms with Crippen LogP contribution in [0.1, 0.15) is 12.8 Å². The van der Waals surface area contributed by atoms with Crippen molar-refractivity contribution in [2.24, 2.45) is 0 Å². The molecule has 0 saturated carbocycles. The van der Waals surface area contributed by atoms with Crippen molar-refractivity contribution in [3.05, 3.63) is 43.0 Å². The number of aromatic nitrogens is 3. The van der Waals surface area contributed by atoms with E-state index in [0.717, 1.165) is 26.2 Å². The second-order valence-corrected chi connectivity index (χ2v) is 5.19. The lowest BCUT2D eigenvalue weighted by atomic mass is 10.0. The van der Waals surface area contributed by atoms with E-state index in [4.69, 9.17) is 0 Å². The lowest BCUT2D eigenvalue weighted by molar-refractivity contribution is 0.401. The highest BCUT2D eigenvalue weighted by molar-refractivity contribution is 5.44. The van der Waals surface area contributed by atoms with Gasteiger partial charge in [0.25, 0.3) is 0 Å². The molecule has 0 atom stereocenters. The molecular weight excluding hydrogens is 250 g/mol. The minimum Gasteiger partial charge on any atom is -0.371 e. The van der Waals surface area contributed by atoms with Crippen LogP contribution in [0.4, 0.5) is 5.69 Å². The van der Waals surface area contributed by atoms with Gasteiger partial charge < -0.3 is 10.2 Å². The third-order valence-corrected chi connectivity index (χ3v) is 3.86. The van der Waals surface area contributed by atoms with Crippen LogP contribution in [0.2, 0.25) is 0 Å². The Kier molecular flexibility index (Phi) is 4.28. The zero-order valence-corrected chi connectivity index (χ0v) is 11.7. The maximum atomic E-state index is 4.21. The van der Waals surface area contributed by atoms with Crippen molar-refractivity contribution in [3.63, 3.8) is 0 Å². The average Bonchev–Trinajstić information content (AvgIpc) is 3.02. The summed E-state index contributed by atoms with van der Waals surface area (Å²) in [5, 5.41) is 7.85. The quantitative estimate of drug-likeness (QED) is 0.896. The molecule has 1 aliphatic heterocycles. The molecule has 1 aliphatic rings. The lowest BCUT2D eigenvalue weighted by Crippen LogP contribution is -2.43. The highest BCUT2D eigenvalue weighted by Crippen LogP contribution is 2.18. The number of nitrogens with zero attached hydrogens (tertiary/aromatic N) is 4. The molecule has 0 bridgehead atoms. The van der Waals surface area contributed by atoms with Gasteiger partial charge in [-0.15, -0.1) is 0 Å². The first-order valence-electron chi connectivity index (χ1n) is 7.27. The van der Waals surface area contributed by atoms with Gasteiger partial charge >= 0.3 is 0 Å². The lowest BCUT2D eigenvalue weighted by Gasteiger charge is -2.34. The van der Waals surface area contributed by atoms with E-state index < -0.39 is 0 Å². The highest BCUT2D eigenvalue weighted by atomic mass is 15.3. The summed E-state index contributed by atoms with van der Waals surface area (Å²) >= 11 is 0. The molecule has 5 nitrogen and oxygen atoms in total. The largest absolute Gasteiger partial charge is 0.371 e. The number of pyridine rings is 1. The van der Waals surface area contributed by atoms with E-state index in [2.05, 4.69) is 32.4 Å². The molecule has 0 radical (unpaired) electrons. The average molecular weight is 271 g/mol. The number of anilines is 1. The van der Waals surface area contributed by atoms with E-state index in [-0.39, 0.29) is 0 Å². The predicted octanol–water partition coefficient (Wildman–Crippen LogP) is 1.54. The van der Waals surface area contributed by atoms with Crippen molar-refractivity contribution in [1.82, 2.24) is 20.1 Å². The zero-order chi connectivity index (χ0) is 13.6. The molecule has 3 heterocycles. The normalized spacial score (nSPS) is 16.5. The number of hydrogen-bond donors (Lipinski definition) is 1. The highest BCUT2D eigenvalue weighted by Gasteiger charge is 2.18. The van der Waals surface area contributed by atoms with Crippen molar-refractivity contribution in [2.75, 3.05) is 24.5 Å². The Hall–Kier alpha value is -1.88. The van der Waals surface area contributed by atoms with Crippen LogP contribution in [0.25, 0.3) is 0 Å². The first-order chi connectivity index (χ1) is 9.92. The maximum Gasteiger partial charge on any atom is 0.0534 e. The fourth-order valence-corrected chi connectivity index (χ4v) is 2.71. The first-order valence-corrected chi connectivity index (χ1v) is 7.27. The van der Waals surface area contributed by atoms with Crippen LogP contribution >= 0.6 is 0 Å². The minimum atomic E-state index is 0.628. The van der Waals surface area contributed by atoms with Crippen LogP contribution in [-0.2, 0) is 6.54 Å². The molecule has 106 valence electrons. The smallest absolute Gasteiger partial charge is 0.0534 e. The summed E-state index contributed by atoms with van der Waals surface area (Å²) in [6, 6.07) is 6.77. The van der Waals surface area contributed by atoms with E-state index >= 15 is 0 Å². The number of rotatable bonds is 5. The van der Waals surface area contributed by atoms with Crippen LogP contribution in [0.15, 0.2) is 43.0 Å². The van der Waals surface area contributed by atoms with Gasteiger partial charge in [-0.2, -0.15) is 5.10 Å².